The normalized spacial score (nSPS) is 24.4. The zero-order valence-corrected chi connectivity index (χ0v) is 18.2. The van der Waals surface area contributed by atoms with E-state index < -0.39 is 0 Å². The highest BCUT2D eigenvalue weighted by molar-refractivity contribution is 5.85. The van der Waals surface area contributed by atoms with Gasteiger partial charge in [0.15, 0.2) is 11.6 Å². The van der Waals surface area contributed by atoms with Crippen molar-refractivity contribution < 1.29 is 9.13 Å². The molecule has 0 aromatic heterocycles. The summed E-state index contributed by atoms with van der Waals surface area (Å²) in [5, 5.41) is 0. The van der Waals surface area contributed by atoms with E-state index in [2.05, 4.69) is 48.0 Å². The number of hydrogen-bond donors (Lipinski definition) is 0. The Balaban J connectivity index is 0.00000140. The van der Waals surface area contributed by atoms with Gasteiger partial charge in [-0.05, 0) is 54.6 Å². The Kier molecular flexibility index (Phi) is 7.74. The summed E-state index contributed by atoms with van der Waals surface area (Å²) in [5.74, 6) is 1.37. The minimum absolute atomic E-state index is 0. The van der Waals surface area contributed by atoms with Crippen molar-refractivity contribution in [3.63, 3.8) is 0 Å². The van der Waals surface area contributed by atoms with Crippen LogP contribution in [0.15, 0.2) is 42.5 Å². The highest BCUT2D eigenvalue weighted by Crippen LogP contribution is 2.45. The van der Waals surface area contributed by atoms with Crippen LogP contribution in [-0.2, 0) is 6.54 Å². The summed E-state index contributed by atoms with van der Waals surface area (Å²) in [6.07, 6.45) is 0. The first-order valence-corrected chi connectivity index (χ1v) is 9.37. The molecule has 28 heavy (non-hydrogen) atoms. The van der Waals surface area contributed by atoms with Crippen molar-refractivity contribution >= 4 is 24.8 Å². The summed E-state index contributed by atoms with van der Waals surface area (Å²) >= 11 is 0. The van der Waals surface area contributed by atoms with Crippen LogP contribution in [0.2, 0.25) is 0 Å². The fourth-order valence-corrected chi connectivity index (χ4v) is 4.93. The fourth-order valence-electron chi connectivity index (χ4n) is 4.93. The third kappa shape index (κ3) is 4.30. The van der Waals surface area contributed by atoms with Gasteiger partial charge in [-0.3, -0.25) is 9.80 Å². The molecular formula is C22H29Cl2FN2O. The zero-order valence-electron chi connectivity index (χ0n) is 16.6. The SMILES string of the molecule is COc1ccc(CN2C[C@@H]3CN(C)[C@H](c4ccccc4C)[C@@H]3C2)cc1F.Cl.Cl. The maximum Gasteiger partial charge on any atom is 0.165 e. The molecule has 2 aliphatic rings. The van der Waals surface area contributed by atoms with E-state index in [0.717, 1.165) is 31.7 Å². The number of likely N-dealkylation sites (tertiary alicyclic amines) is 2. The predicted octanol–water partition coefficient (Wildman–Crippen LogP) is 4.72. The van der Waals surface area contributed by atoms with Crippen LogP contribution >= 0.6 is 24.8 Å². The monoisotopic (exact) mass is 426 g/mol. The summed E-state index contributed by atoms with van der Waals surface area (Å²) in [4.78, 5) is 5.00. The first-order chi connectivity index (χ1) is 12.6. The Morgan fingerprint density at radius 3 is 2.50 bits per heavy atom. The minimum atomic E-state index is -0.276. The molecule has 0 radical (unpaired) electrons. The Morgan fingerprint density at radius 2 is 1.82 bits per heavy atom. The molecule has 2 aromatic rings. The lowest BCUT2D eigenvalue weighted by molar-refractivity contribution is 0.224. The van der Waals surface area contributed by atoms with Gasteiger partial charge in [0, 0.05) is 32.2 Å². The molecule has 6 heteroatoms. The molecule has 2 aliphatic heterocycles. The molecule has 0 spiro atoms. The molecule has 2 saturated heterocycles. The van der Waals surface area contributed by atoms with E-state index in [1.54, 1.807) is 12.1 Å². The quantitative estimate of drug-likeness (QED) is 0.702. The molecule has 0 bridgehead atoms. The average Bonchev–Trinajstić information content (AvgIpc) is 3.12. The van der Waals surface area contributed by atoms with Crippen LogP contribution < -0.4 is 4.74 Å². The van der Waals surface area contributed by atoms with Gasteiger partial charge in [0.05, 0.1) is 7.11 Å². The summed E-state index contributed by atoms with van der Waals surface area (Å²) in [6, 6.07) is 14.5. The standard InChI is InChI=1S/C22H27FN2O.2ClH/c1-15-6-4-5-7-18(15)22-19-14-25(13-17(19)12-24(22)2)11-16-8-9-21(26-3)20(23)10-16;;/h4-10,17,19,22H,11-14H2,1-3H3;2*1H/t17-,19+,22+;;/m0../s1. The number of halogens is 3. The molecule has 4 rings (SSSR count). The third-order valence-corrected chi connectivity index (χ3v) is 6.10. The van der Waals surface area contributed by atoms with Gasteiger partial charge in [-0.15, -0.1) is 24.8 Å². The van der Waals surface area contributed by atoms with Gasteiger partial charge in [0.2, 0.25) is 0 Å². The molecule has 0 saturated carbocycles. The fraction of sp³-hybridized carbons (Fsp3) is 0.455. The Morgan fingerprint density at radius 1 is 1.07 bits per heavy atom. The highest BCUT2D eigenvalue weighted by Gasteiger charge is 2.46. The molecule has 0 aliphatic carbocycles. The van der Waals surface area contributed by atoms with Crippen LogP contribution in [0.1, 0.15) is 22.7 Å². The van der Waals surface area contributed by atoms with Crippen molar-refractivity contribution in [1.29, 1.82) is 0 Å². The molecule has 2 fully saturated rings. The van der Waals surface area contributed by atoms with Gasteiger partial charge >= 0.3 is 0 Å². The summed E-state index contributed by atoms with van der Waals surface area (Å²) in [7, 11) is 3.75. The van der Waals surface area contributed by atoms with Gasteiger partial charge in [0.25, 0.3) is 0 Å². The van der Waals surface area contributed by atoms with E-state index in [-0.39, 0.29) is 30.6 Å². The van der Waals surface area contributed by atoms with Crippen LogP contribution in [-0.4, -0.2) is 43.6 Å². The molecule has 3 atom stereocenters. The van der Waals surface area contributed by atoms with Gasteiger partial charge in [-0.2, -0.15) is 0 Å². The third-order valence-electron chi connectivity index (χ3n) is 6.10. The lowest BCUT2D eigenvalue weighted by atomic mass is 9.88. The van der Waals surface area contributed by atoms with Crippen molar-refractivity contribution in [2.45, 2.75) is 19.5 Å². The van der Waals surface area contributed by atoms with Crippen molar-refractivity contribution in [2.24, 2.45) is 11.8 Å². The topological polar surface area (TPSA) is 15.7 Å². The smallest absolute Gasteiger partial charge is 0.165 e. The first-order valence-electron chi connectivity index (χ1n) is 9.37. The Bertz CT molecular complexity index is 804. The molecular weight excluding hydrogens is 398 g/mol. The van der Waals surface area contributed by atoms with Crippen LogP contribution in [0.25, 0.3) is 0 Å². The second-order valence-electron chi connectivity index (χ2n) is 7.83. The van der Waals surface area contributed by atoms with Crippen LogP contribution in [0.5, 0.6) is 5.75 Å². The lowest BCUT2D eigenvalue weighted by Gasteiger charge is -2.28. The van der Waals surface area contributed by atoms with E-state index in [4.69, 9.17) is 4.74 Å². The number of ether oxygens (including phenoxy) is 1. The minimum Gasteiger partial charge on any atom is -0.494 e. The molecule has 0 amide bonds. The van der Waals surface area contributed by atoms with Gasteiger partial charge in [0.1, 0.15) is 0 Å². The number of benzene rings is 2. The second kappa shape index (κ2) is 9.45. The number of hydrogen-bond acceptors (Lipinski definition) is 3. The van der Waals surface area contributed by atoms with Gasteiger partial charge in [-0.1, -0.05) is 30.3 Å². The van der Waals surface area contributed by atoms with Crippen molar-refractivity contribution in [3.8, 4) is 5.75 Å². The molecule has 2 aromatic carbocycles. The van der Waals surface area contributed by atoms with E-state index >= 15 is 0 Å². The number of nitrogens with zero attached hydrogens (tertiary/aromatic N) is 2. The van der Waals surface area contributed by atoms with Crippen LogP contribution in [0.3, 0.4) is 0 Å². The van der Waals surface area contributed by atoms with Crippen molar-refractivity contribution in [1.82, 2.24) is 9.80 Å². The molecule has 3 nitrogen and oxygen atoms in total. The largest absolute Gasteiger partial charge is 0.494 e. The van der Waals surface area contributed by atoms with Crippen LogP contribution in [0, 0.1) is 24.6 Å². The summed E-state index contributed by atoms with van der Waals surface area (Å²) < 4.78 is 19.0. The number of aryl methyl sites for hydroxylation is 1. The average molecular weight is 427 g/mol. The van der Waals surface area contributed by atoms with Crippen molar-refractivity contribution in [3.05, 3.63) is 65.0 Å². The molecule has 0 unspecified atom stereocenters. The lowest BCUT2D eigenvalue weighted by Crippen LogP contribution is -2.29. The number of methoxy groups -OCH3 is 1. The Hall–Kier alpha value is -1.33. The first kappa shape index (κ1) is 23.0. The predicted molar refractivity (Wildman–Crippen MR) is 116 cm³/mol. The van der Waals surface area contributed by atoms with E-state index in [1.807, 2.05) is 6.07 Å². The van der Waals surface area contributed by atoms with Gasteiger partial charge < -0.3 is 4.74 Å². The van der Waals surface area contributed by atoms with E-state index in [9.17, 15) is 4.39 Å². The van der Waals surface area contributed by atoms with Crippen molar-refractivity contribution in [2.75, 3.05) is 33.8 Å². The zero-order chi connectivity index (χ0) is 18.3. The maximum atomic E-state index is 14.0. The van der Waals surface area contributed by atoms with Gasteiger partial charge in [-0.25, -0.2) is 4.39 Å². The Labute approximate surface area is 179 Å². The number of rotatable bonds is 4. The van der Waals surface area contributed by atoms with E-state index in [0.29, 0.717) is 23.6 Å². The maximum absolute atomic E-state index is 14.0. The number of fused-ring (bicyclic) bond motifs is 1. The van der Waals surface area contributed by atoms with Crippen LogP contribution in [0.4, 0.5) is 4.39 Å². The van der Waals surface area contributed by atoms with E-state index in [1.165, 1.54) is 18.2 Å². The summed E-state index contributed by atoms with van der Waals surface area (Å²) in [5.41, 5.74) is 3.85. The second-order valence-corrected chi connectivity index (χ2v) is 7.83. The highest BCUT2D eigenvalue weighted by atomic mass is 35.5. The summed E-state index contributed by atoms with van der Waals surface area (Å²) in [6.45, 7) is 6.31. The molecule has 154 valence electrons. The molecule has 2 heterocycles. The molecule has 0 N–H and O–H groups in total.